The molecule has 0 saturated heterocycles. The van der Waals surface area contributed by atoms with E-state index in [-0.39, 0.29) is 25.2 Å². The summed E-state index contributed by atoms with van der Waals surface area (Å²) < 4.78 is 0. The Morgan fingerprint density at radius 2 is 1.12 bits per heavy atom. The minimum absolute atomic E-state index is 0.0213. The molecule has 5 amide bonds. The molecule has 11 nitrogen and oxygen atoms in total. The Labute approximate surface area is 281 Å². The topological polar surface area (TPSA) is 177 Å². The van der Waals surface area contributed by atoms with E-state index in [1.165, 1.54) is 13.8 Å². The number of amides is 5. The predicted octanol–water partition coefficient (Wildman–Crippen LogP) is 2.16. The molecular weight excluding hydrogens is 610 g/mol. The molecule has 0 aliphatic rings. The fraction of sp³-hybridized carbons (Fsp3) is 0.351. The summed E-state index contributed by atoms with van der Waals surface area (Å²) in [5.74, 6) is -5.01. The van der Waals surface area contributed by atoms with Gasteiger partial charge in [-0.15, -0.1) is 0 Å². The van der Waals surface area contributed by atoms with Crippen LogP contribution in [0.5, 0.6) is 0 Å². The minimum Gasteiger partial charge on any atom is -0.368 e. The van der Waals surface area contributed by atoms with Crippen LogP contribution in [-0.2, 0) is 48.0 Å². The maximum atomic E-state index is 13.8. The smallest absolute Gasteiger partial charge is 0.290 e. The molecule has 0 aliphatic heterocycles. The second kappa shape index (κ2) is 17.6. The number of hydrogen-bond acceptors (Lipinski definition) is 6. The van der Waals surface area contributed by atoms with Crippen LogP contribution in [0.2, 0.25) is 0 Å². The Bertz CT molecular complexity index is 1560. The quantitative estimate of drug-likeness (QED) is 0.139. The molecule has 0 bridgehead atoms. The highest BCUT2D eigenvalue weighted by molar-refractivity contribution is 6.39. The lowest BCUT2D eigenvalue weighted by molar-refractivity contribution is -0.142. The molecule has 254 valence electrons. The highest BCUT2D eigenvalue weighted by Crippen LogP contribution is 2.13. The van der Waals surface area contributed by atoms with E-state index in [9.17, 15) is 28.8 Å². The summed E-state index contributed by atoms with van der Waals surface area (Å²) in [6.45, 7) is 6.40. The molecule has 6 N–H and O–H groups in total. The van der Waals surface area contributed by atoms with Gasteiger partial charge in [0, 0.05) is 12.8 Å². The molecule has 4 atom stereocenters. The first-order valence-corrected chi connectivity index (χ1v) is 16.0. The number of Topliss-reactive ketones (excluding diaryl/α,β-unsaturated/α-hetero) is 1. The van der Waals surface area contributed by atoms with Crippen LogP contribution in [0.3, 0.4) is 0 Å². The molecular formula is C37H45N5O6. The molecule has 0 spiro atoms. The third-order valence-electron chi connectivity index (χ3n) is 8.12. The normalized spacial score (nSPS) is 13.6. The van der Waals surface area contributed by atoms with Crippen LogP contribution < -0.4 is 27.0 Å². The molecule has 48 heavy (non-hydrogen) atoms. The van der Waals surface area contributed by atoms with Crippen molar-refractivity contribution in [3.8, 4) is 0 Å². The molecule has 11 heteroatoms. The van der Waals surface area contributed by atoms with Crippen LogP contribution in [0, 0.1) is 5.92 Å². The summed E-state index contributed by atoms with van der Waals surface area (Å²) in [7, 11) is 0. The van der Waals surface area contributed by atoms with Crippen molar-refractivity contribution in [2.75, 3.05) is 0 Å². The van der Waals surface area contributed by atoms with Gasteiger partial charge in [-0.2, -0.15) is 0 Å². The van der Waals surface area contributed by atoms with Gasteiger partial charge >= 0.3 is 0 Å². The van der Waals surface area contributed by atoms with Crippen molar-refractivity contribution in [2.24, 2.45) is 11.7 Å². The standard InChI is InChI=1S/C37H45N5O6/c1-5-24(2)31(32(44)35(47)40-29(22-26-17-11-7-12-18-26)34(46)42-37(3,4)36(38)48)41-33(45)28(21-25-15-9-6-10-16-25)39-30(43)23-27-19-13-8-14-20-27/h6-20,24,28-29,31H,5,21-23H2,1-4H3,(H2,38,48)(H,39,43)(H,40,47)(H,41,45)(H,42,46)/t24-,28-,29-,31?/m0/s1. The zero-order valence-electron chi connectivity index (χ0n) is 27.8. The first-order valence-electron chi connectivity index (χ1n) is 16.0. The van der Waals surface area contributed by atoms with Gasteiger partial charge in [-0.05, 0) is 36.5 Å². The predicted molar refractivity (Wildman–Crippen MR) is 182 cm³/mol. The third-order valence-corrected chi connectivity index (χ3v) is 8.12. The molecule has 0 aromatic heterocycles. The van der Waals surface area contributed by atoms with Crippen molar-refractivity contribution in [2.45, 2.75) is 77.0 Å². The van der Waals surface area contributed by atoms with E-state index < -0.39 is 59.0 Å². The SMILES string of the molecule is CC[C@H](C)C(NC(=O)[C@H](Cc1ccccc1)NC(=O)Cc1ccccc1)C(=O)C(=O)N[C@@H](Cc1ccccc1)C(=O)NC(C)(C)C(N)=O. The Morgan fingerprint density at radius 3 is 1.58 bits per heavy atom. The average molecular weight is 656 g/mol. The van der Waals surface area contributed by atoms with Crippen molar-refractivity contribution < 1.29 is 28.8 Å². The van der Waals surface area contributed by atoms with E-state index in [2.05, 4.69) is 21.3 Å². The average Bonchev–Trinajstić information content (AvgIpc) is 3.06. The second-order valence-electron chi connectivity index (χ2n) is 12.4. The Balaban J connectivity index is 1.82. The van der Waals surface area contributed by atoms with Crippen molar-refractivity contribution in [3.05, 3.63) is 108 Å². The molecule has 3 aromatic carbocycles. The van der Waals surface area contributed by atoms with E-state index in [0.717, 1.165) is 11.1 Å². The summed E-state index contributed by atoms with van der Waals surface area (Å²) in [5.41, 5.74) is 6.27. The number of hydrogen-bond donors (Lipinski definition) is 5. The number of ketones is 1. The van der Waals surface area contributed by atoms with Crippen LogP contribution in [-0.4, -0.2) is 59.0 Å². The van der Waals surface area contributed by atoms with E-state index in [1.807, 2.05) is 67.6 Å². The minimum atomic E-state index is -1.42. The first kappa shape index (κ1) is 37.1. The second-order valence-corrected chi connectivity index (χ2v) is 12.4. The highest BCUT2D eigenvalue weighted by Gasteiger charge is 2.36. The largest absolute Gasteiger partial charge is 0.368 e. The number of nitrogens with one attached hydrogen (secondary N) is 4. The van der Waals surface area contributed by atoms with Gasteiger partial charge in [0.05, 0.1) is 12.5 Å². The zero-order valence-corrected chi connectivity index (χ0v) is 27.8. The molecule has 0 fully saturated rings. The summed E-state index contributed by atoms with van der Waals surface area (Å²) in [6, 6.07) is 23.5. The third kappa shape index (κ3) is 11.2. The van der Waals surface area contributed by atoms with Gasteiger partial charge in [-0.3, -0.25) is 28.8 Å². The molecule has 0 radical (unpaired) electrons. The Morgan fingerprint density at radius 1 is 0.667 bits per heavy atom. The lowest BCUT2D eigenvalue weighted by atomic mass is 9.93. The van der Waals surface area contributed by atoms with Gasteiger partial charge in [-0.1, -0.05) is 111 Å². The van der Waals surface area contributed by atoms with E-state index in [0.29, 0.717) is 12.0 Å². The van der Waals surface area contributed by atoms with Crippen molar-refractivity contribution in [1.29, 1.82) is 0 Å². The maximum Gasteiger partial charge on any atom is 0.290 e. The summed E-state index contributed by atoms with van der Waals surface area (Å²) >= 11 is 0. The van der Waals surface area contributed by atoms with Gasteiger partial charge in [0.2, 0.25) is 29.4 Å². The molecule has 0 saturated carbocycles. The summed E-state index contributed by atoms with van der Waals surface area (Å²) in [4.78, 5) is 79.2. The summed E-state index contributed by atoms with van der Waals surface area (Å²) in [5, 5.41) is 10.6. The number of rotatable bonds is 17. The first-order chi connectivity index (χ1) is 22.8. The monoisotopic (exact) mass is 655 g/mol. The van der Waals surface area contributed by atoms with Gasteiger partial charge in [0.1, 0.15) is 17.6 Å². The zero-order chi connectivity index (χ0) is 35.3. The van der Waals surface area contributed by atoms with Crippen LogP contribution in [0.1, 0.15) is 50.8 Å². The van der Waals surface area contributed by atoms with Crippen molar-refractivity contribution in [3.63, 3.8) is 0 Å². The fourth-order valence-electron chi connectivity index (χ4n) is 4.93. The number of nitrogens with two attached hydrogens (primary N) is 1. The van der Waals surface area contributed by atoms with E-state index in [1.54, 1.807) is 37.3 Å². The van der Waals surface area contributed by atoms with Crippen LogP contribution in [0.15, 0.2) is 91.0 Å². The molecule has 0 aliphatic carbocycles. The molecule has 0 heterocycles. The Kier molecular flexibility index (Phi) is 13.6. The molecule has 3 aromatic rings. The van der Waals surface area contributed by atoms with E-state index in [4.69, 9.17) is 5.73 Å². The lowest BCUT2D eigenvalue weighted by Gasteiger charge is -2.28. The van der Waals surface area contributed by atoms with Gasteiger partial charge in [0.25, 0.3) is 5.91 Å². The number of primary amides is 1. The van der Waals surface area contributed by atoms with Crippen LogP contribution >= 0.6 is 0 Å². The number of carbonyl (C=O) groups excluding carboxylic acids is 6. The summed E-state index contributed by atoms with van der Waals surface area (Å²) in [6.07, 6.45) is 0.657. The molecule has 1 unspecified atom stereocenters. The highest BCUT2D eigenvalue weighted by atomic mass is 16.2. The van der Waals surface area contributed by atoms with Gasteiger partial charge in [0.15, 0.2) is 0 Å². The lowest BCUT2D eigenvalue weighted by Crippen LogP contribution is -2.61. The Hall–Kier alpha value is -5.32. The molecule has 3 rings (SSSR count). The fourth-order valence-corrected chi connectivity index (χ4v) is 4.93. The van der Waals surface area contributed by atoms with Gasteiger partial charge in [-0.25, -0.2) is 0 Å². The van der Waals surface area contributed by atoms with Crippen LogP contribution in [0.4, 0.5) is 0 Å². The number of carbonyl (C=O) groups is 6. The van der Waals surface area contributed by atoms with Crippen LogP contribution in [0.25, 0.3) is 0 Å². The van der Waals surface area contributed by atoms with Gasteiger partial charge < -0.3 is 27.0 Å². The maximum absolute atomic E-state index is 13.8. The van der Waals surface area contributed by atoms with E-state index >= 15 is 0 Å². The van der Waals surface area contributed by atoms with Crippen molar-refractivity contribution in [1.82, 2.24) is 21.3 Å². The number of benzene rings is 3. The van der Waals surface area contributed by atoms with Crippen molar-refractivity contribution >= 4 is 35.3 Å².